The van der Waals surface area contributed by atoms with Crippen LogP contribution in [0, 0.1) is 6.92 Å². The maximum absolute atomic E-state index is 12.8. The number of anilines is 1. The fourth-order valence-electron chi connectivity index (χ4n) is 3.01. The van der Waals surface area contributed by atoms with Crippen LogP contribution in [0.25, 0.3) is 5.57 Å². The third-order valence-electron chi connectivity index (χ3n) is 4.60. The van der Waals surface area contributed by atoms with Gasteiger partial charge in [-0.05, 0) is 31.0 Å². The molecule has 1 heterocycles. The molecule has 0 aromatic heterocycles. The van der Waals surface area contributed by atoms with Gasteiger partial charge in [-0.25, -0.2) is 4.79 Å². The van der Waals surface area contributed by atoms with Crippen LogP contribution in [-0.4, -0.2) is 49.5 Å². The largest absolute Gasteiger partial charge is 0.461 e. The van der Waals surface area contributed by atoms with Crippen molar-refractivity contribution in [2.45, 2.75) is 13.8 Å². The first-order chi connectivity index (χ1) is 14.2. The van der Waals surface area contributed by atoms with Crippen molar-refractivity contribution in [3.8, 4) is 0 Å². The van der Waals surface area contributed by atoms with Crippen molar-refractivity contribution in [3.05, 3.63) is 71.9 Å². The predicted octanol–water partition coefficient (Wildman–Crippen LogP) is 3.70. The highest BCUT2D eigenvalue weighted by Gasteiger charge is 2.22. The number of para-hydroxylation sites is 1. The fourth-order valence-corrected chi connectivity index (χ4v) is 3.01. The van der Waals surface area contributed by atoms with Crippen LogP contribution in [0.3, 0.4) is 0 Å². The fraction of sp³-hybridized carbons (Fsp3) is 0.304. The molecule has 1 aliphatic rings. The lowest BCUT2D eigenvalue weighted by atomic mass is 10.0. The maximum atomic E-state index is 12.8. The third kappa shape index (κ3) is 5.68. The molecule has 0 atom stereocenters. The van der Waals surface area contributed by atoms with E-state index < -0.39 is 5.97 Å². The molecule has 1 saturated heterocycles. The van der Waals surface area contributed by atoms with Gasteiger partial charge in [-0.1, -0.05) is 48.5 Å². The van der Waals surface area contributed by atoms with Gasteiger partial charge in [0.25, 0.3) is 0 Å². The first-order valence-electron chi connectivity index (χ1n) is 9.85. The van der Waals surface area contributed by atoms with Gasteiger partial charge in [0.2, 0.25) is 0 Å². The topological polar surface area (TPSA) is 63.2 Å². The van der Waals surface area contributed by atoms with E-state index in [-0.39, 0.29) is 12.3 Å². The lowest BCUT2D eigenvalue weighted by molar-refractivity contribution is -0.134. The molecule has 2 aromatic rings. The normalized spacial score (nSPS) is 15.2. The molecule has 0 aliphatic carbocycles. The highest BCUT2D eigenvalue weighted by atomic mass is 16.5. The van der Waals surface area contributed by atoms with E-state index >= 15 is 0 Å². The van der Waals surface area contributed by atoms with Gasteiger partial charge in [-0.15, -0.1) is 0 Å². The van der Waals surface area contributed by atoms with E-state index in [1.165, 1.54) is 0 Å². The average Bonchev–Trinajstić information content (AvgIpc) is 2.76. The highest BCUT2D eigenvalue weighted by molar-refractivity contribution is 6.54. The summed E-state index contributed by atoms with van der Waals surface area (Å²) >= 11 is 0. The number of carbonyl (C=O) groups excluding carboxylic acids is 1. The van der Waals surface area contributed by atoms with Gasteiger partial charge in [0.05, 0.1) is 25.5 Å². The van der Waals surface area contributed by atoms with Gasteiger partial charge < -0.3 is 14.4 Å². The Balaban J connectivity index is 2.02. The molecule has 29 heavy (non-hydrogen) atoms. The Hall–Kier alpha value is -3.12. The van der Waals surface area contributed by atoms with Crippen molar-refractivity contribution >= 4 is 22.9 Å². The summed E-state index contributed by atoms with van der Waals surface area (Å²) in [5.74, 6) is -0.461. The minimum absolute atomic E-state index is 0.243. The predicted molar refractivity (Wildman–Crippen MR) is 116 cm³/mol. The summed E-state index contributed by atoms with van der Waals surface area (Å²) in [5.41, 5.74) is 6.78. The Bertz CT molecular complexity index is 872. The van der Waals surface area contributed by atoms with Gasteiger partial charge >= 0.3 is 5.97 Å². The molecule has 1 aliphatic heterocycles. The number of ether oxygens (including phenoxy) is 2. The molecule has 0 saturated carbocycles. The van der Waals surface area contributed by atoms with Gasteiger partial charge in [0.15, 0.2) is 5.71 Å². The summed E-state index contributed by atoms with van der Waals surface area (Å²) in [7, 11) is 0. The van der Waals surface area contributed by atoms with Crippen LogP contribution in [0.1, 0.15) is 18.1 Å². The number of morpholine rings is 1. The third-order valence-corrected chi connectivity index (χ3v) is 4.60. The number of nitrogens with zero attached hydrogens (tertiary/aromatic N) is 2. The molecule has 0 unspecified atom stereocenters. The van der Waals surface area contributed by atoms with Crippen molar-refractivity contribution in [2.24, 2.45) is 5.10 Å². The number of hydrazone groups is 1. The van der Waals surface area contributed by atoms with Crippen molar-refractivity contribution in [3.63, 3.8) is 0 Å². The van der Waals surface area contributed by atoms with Gasteiger partial charge in [-0.2, -0.15) is 5.10 Å². The van der Waals surface area contributed by atoms with E-state index in [9.17, 15) is 4.79 Å². The molecule has 0 amide bonds. The van der Waals surface area contributed by atoms with E-state index in [0.29, 0.717) is 18.8 Å². The van der Waals surface area contributed by atoms with E-state index in [4.69, 9.17) is 9.47 Å². The van der Waals surface area contributed by atoms with E-state index in [1.807, 2.05) is 67.7 Å². The van der Waals surface area contributed by atoms with Crippen molar-refractivity contribution in [1.82, 2.24) is 4.90 Å². The quantitative estimate of drug-likeness (QED) is 0.441. The van der Waals surface area contributed by atoms with Crippen molar-refractivity contribution in [2.75, 3.05) is 38.3 Å². The van der Waals surface area contributed by atoms with Gasteiger partial charge in [0, 0.05) is 24.9 Å². The number of hydrogen-bond donors (Lipinski definition) is 1. The number of esters is 1. The summed E-state index contributed by atoms with van der Waals surface area (Å²) in [4.78, 5) is 15.0. The zero-order valence-electron chi connectivity index (χ0n) is 16.9. The summed E-state index contributed by atoms with van der Waals surface area (Å²) in [6.45, 7) is 6.90. The second kappa shape index (κ2) is 10.4. The van der Waals surface area contributed by atoms with E-state index in [1.54, 1.807) is 6.92 Å². The van der Waals surface area contributed by atoms with Crippen LogP contribution in [0.15, 0.2) is 65.9 Å². The molecule has 152 valence electrons. The first kappa shape index (κ1) is 20.6. The van der Waals surface area contributed by atoms with Crippen molar-refractivity contribution in [1.29, 1.82) is 0 Å². The first-order valence-corrected chi connectivity index (χ1v) is 9.85. The Morgan fingerprint density at radius 1 is 1.14 bits per heavy atom. The molecule has 0 spiro atoms. The standard InChI is InChI=1S/C23H27N3O3/c1-3-29-23(27)22(25-24-21-12-8-7-9-18(21)2)20(19-10-5-4-6-11-19)17-26-13-15-28-16-14-26/h4-12,17,24H,3,13-16H2,1-2H3/b20-17+,25-22-. The minimum atomic E-state index is -0.461. The zero-order valence-corrected chi connectivity index (χ0v) is 16.9. The molecule has 1 N–H and O–H groups in total. The van der Waals surface area contributed by atoms with Gasteiger partial charge in [-0.3, -0.25) is 5.43 Å². The van der Waals surface area contributed by atoms with E-state index in [0.717, 1.165) is 29.9 Å². The second-order valence-electron chi connectivity index (χ2n) is 6.66. The van der Waals surface area contributed by atoms with Crippen LogP contribution in [0.5, 0.6) is 0 Å². The smallest absolute Gasteiger partial charge is 0.359 e. The Kier molecular flexibility index (Phi) is 7.41. The Morgan fingerprint density at radius 3 is 2.52 bits per heavy atom. The molecule has 0 bridgehead atoms. The van der Waals surface area contributed by atoms with Crippen LogP contribution in [0.2, 0.25) is 0 Å². The van der Waals surface area contributed by atoms with E-state index in [2.05, 4.69) is 15.4 Å². The SMILES string of the molecule is CCOC(=O)C(=N\Nc1ccccc1C)/C(=C/N1CCOCC1)c1ccccc1. The second-order valence-corrected chi connectivity index (χ2v) is 6.66. The molecule has 6 heteroatoms. The summed E-state index contributed by atoms with van der Waals surface area (Å²) < 4.78 is 10.8. The van der Waals surface area contributed by atoms with Crippen LogP contribution < -0.4 is 5.43 Å². The average molecular weight is 393 g/mol. The summed E-state index contributed by atoms with van der Waals surface area (Å²) in [6.07, 6.45) is 1.98. The van der Waals surface area contributed by atoms with Crippen LogP contribution in [0.4, 0.5) is 5.69 Å². The molecule has 2 aromatic carbocycles. The lowest BCUT2D eigenvalue weighted by Crippen LogP contribution is -2.33. The zero-order chi connectivity index (χ0) is 20.5. The number of rotatable bonds is 7. The maximum Gasteiger partial charge on any atom is 0.359 e. The summed E-state index contributed by atoms with van der Waals surface area (Å²) in [5, 5.41) is 4.48. The van der Waals surface area contributed by atoms with Crippen LogP contribution in [-0.2, 0) is 14.3 Å². The molecule has 3 rings (SSSR count). The monoisotopic (exact) mass is 393 g/mol. The molecule has 1 fully saturated rings. The minimum Gasteiger partial charge on any atom is -0.461 e. The van der Waals surface area contributed by atoms with Gasteiger partial charge in [0.1, 0.15) is 0 Å². The molecular weight excluding hydrogens is 366 g/mol. The lowest BCUT2D eigenvalue weighted by Gasteiger charge is -2.26. The number of aryl methyl sites for hydroxylation is 1. The van der Waals surface area contributed by atoms with Crippen LogP contribution >= 0.6 is 0 Å². The molecular formula is C23H27N3O3. The Labute approximate surface area is 171 Å². The molecule has 0 radical (unpaired) electrons. The molecule has 6 nitrogen and oxygen atoms in total. The summed E-state index contributed by atoms with van der Waals surface area (Å²) in [6, 6.07) is 17.6. The number of benzene rings is 2. The number of carbonyl (C=O) groups is 1. The number of nitrogens with one attached hydrogen (secondary N) is 1. The van der Waals surface area contributed by atoms with Crippen molar-refractivity contribution < 1.29 is 14.3 Å². The highest BCUT2D eigenvalue weighted by Crippen LogP contribution is 2.20. The Morgan fingerprint density at radius 2 is 1.83 bits per heavy atom. The number of hydrogen-bond acceptors (Lipinski definition) is 6.